The lowest BCUT2D eigenvalue weighted by molar-refractivity contribution is 0.0801. The fourth-order valence-corrected chi connectivity index (χ4v) is 1.53. The van der Waals surface area contributed by atoms with Crippen LogP contribution in [0.5, 0.6) is 0 Å². The van der Waals surface area contributed by atoms with E-state index in [0.29, 0.717) is 10.4 Å². The smallest absolute Gasteiger partial charge is 0.203 e. The number of halogens is 2. The Bertz CT molecular complexity index is 334. The van der Waals surface area contributed by atoms with Crippen LogP contribution in [0.3, 0.4) is 0 Å². The number of ketones is 1. The number of hydrogen-bond donors (Lipinski definition) is 0. The molecule has 78 valence electrons. The van der Waals surface area contributed by atoms with E-state index < -0.39 is 0 Å². The molecule has 0 unspecified atom stereocenters. The summed E-state index contributed by atoms with van der Waals surface area (Å²) in [7, 11) is 0. The number of carbonyl (C=O) groups excluding carboxylic acids is 1. The second kappa shape index (κ2) is 4.19. The zero-order valence-corrected chi connectivity index (χ0v) is 11.5. The topological polar surface area (TPSA) is 30.2 Å². The van der Waals surface area contributed by atoms with Crippen LogP contribution in [0.25, 0.3) is 0 Å². The van der Waals surface area contributed by atoms with Crippen LogP contribution in [0.1, 0.15) is 37.7 Å². The van der Waals surface area contributed by atoms with Gasteiger partial charge in [-0.25, -0.2) is 0 Å². The molecule has 0 radical (unpaired) electrons. The third-order valence-corrected chi connectivity index (χ3v) is 4.08. The van der Waals surface area contributed by atoms with Crippen LogP contribution in [-0.2, 0) is 0 Å². The van der Waals surface area contributed by atoms with E-state index in [2.05, 4.69) is 31.9 Å². The van der Waals surface area contributed by atoms with Gasteiger partial charge in [0.1, 0.15) is 0 Å². The molecule has 2 nitrogen and oxygen atoms in total. The van der Waals surface area contributed by atoms with Gasteiger partial charge >= 0.3 is 0 Å². The molecule has 14 heavy (non-hydrogen) atoms. The lowest BCUT2D eigenvalue weighted by Crippen LogP contribution is -2.22. The summed E-state index contributed by atoms with van der Waals surface area (Å²) < 4.78 is 6.62. The van der Waals surface area contributed by atoms with Crippen molar-refractivity contribution in [2.24, 2.45) is 5.41 Å². The van der Waals surface area contributed by atoms with Crippen LogP contribution in [0.15, 0.2) is 19.6 Å². The average Bonchev–Trinajstić information content (AvgIpc) is 2.45. The molecule has 0 aliphatic rings. The van der Waals surface area contributed by atoms with Crippen molar-refractivity contribution in [1.29, 1.82) is 0 Å². The molecule has 1 rings (SSSR count). The first-order valence-electron chi connectivity index (χ1n) is 4.38. The maximum absolute atomic E-state index is 11.9. The van der Waals surface area contributed by atoms with Gasteiger partial charge in [0.15, 0.2) is 10.4 Å². The molecule has 0 bridgehead atoms. The van der Waals surface area contributed by atoms with Crippen molar-refractivity contribution in [2.75, 3.05) is 0 Å². The molecular formula is C10H12Br2O2. The second-order valence-corrected chi connectivity index (χ2v) is 5.37. The first-order chi connectivity index (χ1) is 6.38. The van der Waals surface area contributed by atoms with Crippen LogP contribution in [0.2, 0.25) is 0 Å². The van der Waals surface area contributed by atoms with Gasteiger partial charge in [-0.15, -0.1) is 0 Å². The van der Waals surface area contributed by atoms with E-state index in [1.165, 1.54) is 0 Å². The SMILES string of the molecule is CCC(C)(C)C(=O)c1cc(Br)c(Br)o1. The fourth-order valence-electron chi connectivity index (χ4n) is 0.953. The highest BCUT2D eigenvalue weighted by molar-refractivity contribution is 9.13. The third kappa shape index (κ3) is 2.28. The molecule has 0 amide bonds. The summed E-state index contributed by atoms with van der Waals surface area (Å²) in [5.74, 6) is 0.432. The molecule has 4 heteroatoms. The Labute approximate surface area is 100 Å². The van der Waals surface area contributed by atoms with Gasteiger partial charge in [0.25, 0.3) is 0 Å². The number of rotatable bonds is 3. The van der Waals surface area contributed by atoms with E-state index in [1.54, 1.807) is 6.07 Å². The standard InChI is InChI=1S/C10H12Br2O2/c1-4-10(2,3)8(13)7-5-6(11)9(12)14-7/h5H,4H2,1-3H3. The normalized spacial score (nSPS) is 11.8. The Morgan fingerprint density at radius 2 is 2.07 bits per heavy atom. The van der Waals surface area contributed by atoms with Gasteiger partial charge in [-0.05, 0) is 38.3 Å². The quantitative estimate of drug-likeness (QED) is 0.770. The Hall–Kier alpha value is -0.0900. The van der Waals surface area contributed by atoms with E-state index in [0.717, 1.165) is 10.9 Å². The van der Waals surface area contributed by atoms with Gasteiger partial charge in [-0.2, -0.15) is 0 Å². The third-order valence-electron chi connectivity index (χ3n) is 2.37. The first-order valence-corrected chi connectivity index (χ1v) is 5.96. The zero-order valence-electron chi connectivity index (χ0n) is 8.36. The van der Waals surface area contributed by atoms with Crippen molar-refractivity contribution in [3.8, 4) is 0 Å². The molecule has 0 atom stereocenters. The van der Waals surface area contributed by atoms with Crippen molar-refractivity contribution in [3.63, 3.8) is 0 Å². The Balaban J connectivity index is 3.01. The molecule has 0 saturated carbocycles. The van der Waals surface area contributed by atoms with Gasteiger partial charge in [0, 0.05) is 11.5 Å². The van der Waals surface area contributed by atoms with Crippen LogP contribution >= 0.6 is 31.9 Å². The van der Waals surface area contributed by atoms with Crippen LogP contribution in [-0.4, -0.2) is 5.78 Å². The highest BCUT2D eigenvalue weighted by Gasteiger charge is 2.29. The monoisotopic (exact) mass is 322 g/mol. The summed E-state index contributed by atoms with van der Waals surface area (Å²) in [4.78, 5) is 11.9. The highest BCUT2D eigenvalue weighted by Crippen LogP contribution is 2.32. The maximum Gasteiger partial charge on any atom is 0.203 e. The predicted molar refractivity (Wildman–Crippen MR) is 62.5 cm³/mol. The zero-order chi connectivity index (χ0) is 10.9. The van der Waals surface area contributed by atoms with Crippen LogP contribution < -0.4 is 0 Å². The van der Waals surface area contributed by atoms with E-state index >= 15 is 0 Å². The number of hydrogen-bond acceptors (Lipinski definition) is 2. The van der Waals surface area contributed by atoms with E-state index in [-0.39, 0.29) is 11.2 Å². The Kier molecular flexibility index (Phi) is 3.58. The fraction of sp³-hybridized carbons (Fsp3) is 0.500. The summed E-state index contributed by atoms with van der Waals surface area (Å²) in [5.41, 5.74) is -0.364. The summed E-state index contributed by atoms with van der Waals surface area (Å²) in [6.07, 6.45) is 0.793. The molecule has 0 N–H and O–H groups in total. The molecule has 1 heterocycles. The van der Waals surface area contributed by atoms with Crippen molar-refractivity contribution in [1.82, 2.24) is 0 Å². The van der Waals surface area contributed by atoms with Crippen LogP contribution in [0, 0.1) is 5.41 Å². The molecule has 0 aliphatic heterocycles. The summed E-state index contributed by atoms with van der Waals surface area (Å²) >= 11 is 6.49. The van der Waals surface area contributed by atoms with Gasteiger partial charge < -0.3 is 4.42 Å². The Morgan fingerprint density at radius 3 is 2.43 bits per heavy atom. The van der Waals surface area contributed by atoms with Crippen molar-refractivity contribution >= 4 is 37.6 Å². The molecular weight excluding hydrogens is 312 g/mol. The lowest BCUT2D eigenvalue weighted by Gasteiger charge is -2.18. The minimum Gasteiger partial charge on any atom is -0.445 e. The first kappa shape index (κ1) is 12.0. The Morgan fingerprint density at radius 1 is 1.50 bits per heavy atom. The summed E-state index contributed by atoms with van der Waals surface area (Å²) in [6, 6.07) is 1.70. The minimum atomic E-state index is -0.364. The van der Waals surface area contributed by atoms with Gasteiger partial charge in [-0.3, -0.25) is 4.79 Å². The molecule has 0 fully saturated rings. The number of furan rings is 1. The predicted octanol–water partition coefficient (Wildman–Crippen LogP) is 4.42. The largest absolute Gasteiger partial charge is 0.445 e. The van der Waals surface area contributed by atoms with Crippen molar-refractivity contribution < 1.29 is 9.21 Å². The molecule has 0 spiro atoms. The molecule has 1 aromatic heterocycles. The van der Waals surface area contributed by atoms with Gasteiger partial charge in [0.2, 0.25) is 5.78 Å². The molecule has 1 aromatic rings. The minimum absolute atomic E-state index is 0.0337. The average molecular weight is 324 g/mol. The van der Waals surface area contributed by atoms with E-state index in [1.807, 2.05) is 20.8 Å². The van der Waals surface area contributed by atoms with Crippen molar-refractivity contribution in [2.45, 2.75) is 27.2 Å². The molecule has 0 saturated heterocycles. The van der Waals surface area contributed by atoms with E-state index in [4.69, 9.17) is 4.42 Å². The summed E-state index contributed by atoms with van der Waals surface area (Å²) in [5, 5.41) is 0. The van der Waals surface area contributed by atoms with Gasteiger partial charge in [0.05, 0.1) is 4.47 Å². The highest BCUT2D eigenvalue weighted by atomic mass is 79.9. The molecule has 0 aromatic carbocycles. The maximum atomic E-state index is 11.9. The summed E-state index contributed by atoms with van der Waals surface area (Å²) in [6.45, 7) is 5.82. The van der Waals surface area contributed by atoms with Crippen LogP contribution in [0.4, 0.5) is 0 Å². The number of carbonyl (C=O) groups is 1. The second-order valence-electron chi connectivity index (χ2n) is 3.80. The van der Waals surface area contributed by atoms with Gasteiger partial charge in [-0.1, -0.05) is 20.8 Å². The van der Waals surface area contributed by atoms with Crippen molar-refractivity contribution in [3.05, 3.63) is 21.0 Å². The number of Topliss-reactive ketones (excluding diaryl/α,β-unsaturated/α-hetero) is 1. The lowest BCUT2D eigenvalue weighted by atomic mass is 9.84. The molecule has 0 aliphatic carbocycles. The van der Waals surface area contributed by atoms with E-state index in [9.17, 15) is 4.79 Å².